The summed E-state index contributed by atoms with van der Waals surface area (Å²) in [5.41, 5.74) is 3.90. The van der Waals surface area contributed by atoms with Crippen LogP contribution in [-0.2, 0) is 24.6 Å². The van der Waals surface area contributed by atoms with Crippen molar-refractivity contribution in [3.63, 3.8) is 0 Å². The maximum Gasteiger partial charge on any atom is 0.279 e. The van der Waals surface area contributed by atoms with Crippen LogP contribution in [0, 0.1) is 23.3 Å². The van der Waals surface area contributed by atoms with Crippen LogP contribution in [0.1, 0.15) is 52.0 Å². The summed E-state index contributed by atoms with van der Waals surface area (Å²) in [5.74, 6) is -2.31. The first-order valence-corrected chi connectivity index (χ1v) is 17.0. The van der Waals surface area contributed by atoms with Crippen LogP contribution in [0.4, 0.5) is 5.00 Å². The number of hydrogen-bond acceptors (Lipinski definition) is 10. The zero-order valence-corrected chi connectivity index (χ0v) is 29.1. The van der Waals surface area contributed by atoms with Gasteiger partial charge < -0.3 is 0 Å². The molecule has 2 aliphatic heterocycles. The number of nitrogens with zero attached hydrogens (tertiary/aromatic N) is 6. The molecule has 0 saturated carbocycles. The molecule has 47 heavy (non-hydrogen) atoms. The Labute approximate surface area is 281 Å². The van der Waals surface area contributed by atoms with Crippen LogP contribution in [0.15, 0.2) is 55.8 Å². The number of likely N-dealkylation sites (N-methyl/N-ethyl adjacent to an activating group) is 2. The predicted octanol–water partition coefficient (Wildman–Crippen LogP) is 6.69. The van der Waals surface area contributed by atoms with E-state index in [0.717, 1.165) is 35.0 Å². The molecule has 0 spiro atoms. The Bertz CT molecular complexity index is 2400. The summed E-state index contributed by atoms with van der Waals surface area (Å²) >= 11 is 4.88. The van der Waals surface area contributed by atoms with Crippen LogP contribution < -0.4 is 0 Å². The monoisotopic (exact) mass is 678 g/mol. The number of amides is 4. The molecule has 13 heteroatoms. The molecule has 4 amide bonds. The van der Waals surface area contributed by atoms with Crippen molar-refractivity contribution in [3.05, 3.63) is 67.7 Å². The number of carbonyl (C=O) groups excluding carboxylic acids is 4. The molecule has 0 radical (unpaired) electrons. The fraction of sp³-hybridized carbons (Fsp3) is 0.294. The molecule has 3 aromatic heterocycles. The van der Waals surface area contributed by atoms with Gasteiger partial charge in [-0.3, -0.25) is 29.0 Å². The second-order valence-corrected chi connectivity index (χ2v) is 16.0. The Morgan fingerprint density at radius 1 is 0.830 bits per heavy atom. The van der Waals surface area contributed by atoms with Gasteiger partial charge in [-0.2, -0.15) is 5.26 Å². The predicted molar refractivity (Wildman–Crippen MR) is 185 cm³/mol. The highest BCUT2D eigenvalue weighted by Crippen LogP contribution is 2.65. The second kappa shape index (κ2) is 9.84. The van der Waals surface area contributed by atoms with Gasteiger partial charge in [0.05, 0.1) is 26.4 Å². The average Bonchev–Trinajstić information content (AvgIpc) is 3.76. The number of imide groups is 2. The molecule has 234 valence electrons. The lowest BCUT2D eigenvalue weighted by Gasteiger charge is -2.27. The van der Waals surface area contributed by atoms with Crippen molar-refractivity contribution < 1.29 is 19.2 Å². The van der Waals surface area contributed by atoms with Crippen LogP contribution >= 0.6 is 34.0 Å². The van der Waals surface area contributed by atoms with Crippen molar-refractivity contribution in [1.29, 1.82) is 5.26 Å². The fourth-order valence-electron chi connectivity index (χ4n) is 6.69. The van der Waals surface area contributed by atoms with Crippen molar-refractivity contribution in [2.45, 2.75) is 47.0 Å². The number of thiophene rings is 3. The van der Waals surface area contributed by atoms with Gasteiger partial charge in [0.1, 0.15) is 28.1 Å². The summed E-state index contributed by atoms with van der Waals surface area (Å²) < 4.78 is 4.45. The Hall–Kier alpha value is -4.82. The number of allylic oxidation sites excluding steroid dienone is 3. The van der Waals surface area contributed by atoms with Crippen LogP contribution in [-0.4, -0.2) is 58.9 Å². The third-order valence-corrected chi connectivity index (χ3v) is 13.3. The van der Waals surface area contributed by atoms with Gasteiger partial charge in [0, 0.05) is 40.1 Å². The van der Waals surface area contributed by atoms with Crippen molar-refractivity contribution in [2.24, 2.45) is 15.4 Å². The van der Waals surface area contributed by atoms with Crippen molar-refractivity contribution >= 4 is 98.4 Å². The molecule has 3 aromatic rings. The van der Waals surface area contributed by atoms with Gasteiger partial charge in [-0.05, 0) is 48.3 Å². The molecule has 2 aliphatic carbocycles. The molecule has 7 rings (SSSR count). The molecular weight excluding hydrogens is 653 g/mol. The summed E-state index contributed by atoms with van der Waals surface area (Å²) in [6.45, 7) is 19.2. The van der Waals surface area contributed by atoms with E-state index >= 15 is 0 Å². The maximum absolute atomic E-state index is 13.1. The first-order valence-electron chi connectivity index (χ1n) is 14.6. The van der Waals surface area contributed by atoms with E-state index in [-0.39, 0.29) is 39.3 Å². The van der Waals surface area contributed by atoms with E-state index in [2.05, 4.69) is 43.6 Å². The third-order valence-electron chi connectivity index (χ3n) is 9.47. The van der Waals surface area contributed by atoms with Gasteiger partial charge in [-0.25, -0.2) is 14.8 Å². The van der Waals surface area contributed by atoms with Crippen molar-refractivity contribution in [2.75, 3.05) is 14.1 Å². The molecule has 0 saturated heterocycles. The fourth-order valence-corrected chi connectivity index (χ4v) is 11.3. The molecule has 0 unspecified atom stereocenters. The first kappa shape index (κ1) is 30.8. The smallest absolute Gasteiger partial charge is 0.279 e. The van der Waals surface area contributed by atoms with E-state index in [1.54, 1.807) is 36.5 Å². The first-order chi connectivity index (χ1) is 22.1. The number of rotatable bonds is 2. The van der Waals surface area contributed by atoms with Gasteiger partial charge in [-0.1, -0.05) is 27.7 Å². The van der Waals surface area contributed by atoms with E-state index in [9.17, 15) is 24.4 Å². The molecule has 0 atom stereocenters. The van der Waals surface area contributed by atoms with Crippen LogP contribution in [0.5, 0.6) is 0 Å². The minimum atomic E-state index is -0.624. The molecule has 0 fully saturated rings. The SMILES string of the molecule is [C-]#[N+]C1=C(C)C(=Nc2cc3sc4c5c(sc4c3s2)C2=C(C=C(N=C3C(=O)N(C)C(=O)C(C#N)=C3C)C2(C)C)C5(C)C)C(=O)N(C)C1=O. The third kappa shape index (κ3) is 3.91. The van der Waals surface area contributed by atoms with Gasteiger partial charge in [0.25, 0.3) is 29.3 Å². The quantitative estimate of drug-likeness (QED) is 0.220. The lowest BCUT2D eigenvalue weighted by atomic mass is 9.82. The number of carbonyl (C=O) groups is 4. The molecule has 0 aromatic carbocycles. The van der Waals surface area contributed by atoms with E-state index in [1.807, 2.05) is 12.1 Å². The maximum atomic E-state index is 13.1. The molecule has 0 N–H and O–H groups in total. The van der Waals surface area contributed by atoms with Gasteiger partial charge >= 0.3 is 0 Å². The van der Waals surface area contributed by atoms with Crippen molar-refractivity contribution in [3.8, 4) is 6.07 Å². The summed E-state index contributed by atoms with van der Waals surface area (Å²) in [7, 11) is 2.72. The van der Waals surface area contributed by atoms with E-state index in [0.29, 0.717) is 10.7 Å². The van der Waals surface area contributed by atoms with E-state index < -0.39 is 29.0 Å². The molecule has 5 heterocycles. The number of aliphatic imine (C=N–C) groups is 2. The van der Waals surface area contributed by atoms with E-state index in [4.69, 9.17) is 11.6 Å². The Morgan fingerprint density at radius 2 is 1.47 bits per heavy atom. The normalized spacial score (nSPS) is 22.4. The molecule has 10 nitrogen and oxygen atoms in total. The molecular formula is C34H26N6O4S3. The number of nitriles is 1. The number of fused-ring (bicyclic) bond motifs is 6. The molecule has 0 bridgehead atoms. The summed E-state index contributed by atoms with van der Waals surface area (Å²) in [5, 5.41) is 10.2. The minimum absolute atomic E-state index is 0.0836. The van der Waals surface area contributed by atoms with Gasteiger partial charge in [0.2, 0.25) is 0 Å². The largest absolute Gasteiger partial charge is 0.286 e. The second-order valence-electron chi connectivity index (χ2n) is 12.9. The Balaban J connectivity index is 1.32. The van der Waals surface area contributed by atoms with Gasteiger partial charge in [0.15, 0.2) is 0 Å². The van der Waals surface area contributed by atoms with Crippen LogP contribution in [0.3, 0.4) is 0 Å². The highest BCUT2D eigenvalue weighted by atomic mass is 32.1. The number of hydrogen-bond donors (Lipinski definition) is 0. The van der Waals surface area contributed by atoms with Crippen LogP contribution in [0.2, 0.25) is 0 Å². The van der Waals surface area contributed by atoms with Gasteiger partial charge in [-0.15, -0.1) is 34.0 Å². The standard InChI is InChI=1S/C34H26N6O4S3/c1-13-15(12-35)29(41)39(8)31(43)23(13)37-18-10-16-20(34(18,5)6)26-21(33(16,3)4)27-28(47-26)25-17(45-27)11-19(46-25)38-24-14(2)22(36-7)30(42)40(9)32(24)44/h10-11H,1-6,8-9H3. The topological polar surface area (TPSA) is 128 Å². The highest BCUT2D eigenvalue weighted by molar-refractivity contribution is 7.40. The zero-order valence-electron chi connectivity index (χ0n) is 26.7. The molecule has 4 aliphatic rings. The summed E-state index contributed by atoms with van der Waals surface area (Å²) in [4.78, 5) is 66.9. The summed E-state index contributed by atoms with van der Waals surface area (Å²) in [6, 6.07) is 3.89. The lowest BCUT2D eigenvalue weighted by molar-refractivity contribution is -0.138. The Kier molecular flexibility index (Phi) is 6.45. The van der Waals surface area contributed by atoms with Crippen LogP contribution in [0.25, 0.3) is 29.2 Å². The lowest BCUT2D eigenvalue weighted by Crippen LogP contribution is -2.44. The Morgan fingerprint density at radius 3 is 2.11 bits per heavy atom. The zero-order chi connectivity index (χ0) is 34.1. The minimum Gasteiger partial charge on any atom is -0.286 e. The van der Waals surface area contributed by atoms with Crippen molar-refractivity contribution in [1.82, 2.24) is 9.80 Å². The summed E-state index contributed by atoms with van der Waals surface area (Å²) in [6.07, 6.45) is 2.06. The highest BCUT2D eigenvalue weighted by Gasteiger charge is 2.50. The average molecular weight is 679 g/mol. The van der Waals surface area contributed by atoms with E-state index in [1.165, 1.54) is 40.6 Å².